The van der Waals surface area contributed by atoms with Crippen LogP contribution in [-0.2, 0) is 11.3 Å². The van der Waals surface area contributed by atoms with Gasteiger partial charge in [0.25, 0.3) is 0 Å². The number of anilines is 1. The van der Waals surface area contributed by atoms with Gasteiger partial charge in [0.2, 0.25) is 5.91 Å². The summed E-state index contributed by atoms with van der Waals surface area (Å²) in [6, 6.07) is 7.69. The second-order valence-corrected chi connectivity index (χ2v) is 4.45. The van der Waals surface area contributed by atoms with Gasteiger partial charge in [-0.05, 0) is 36.5 Å². The van der Waals surface area contributed by atoms with Crippen molar-refractivity contribution in [3.63, 3.8) is 0 Å². The zero-order chi connectivity index (χ0) is 11.4. The van der Waals surface area contributed by atoms with E-state index in [1.165, 1.54) is 19.3 Å². The summed E-state index contributed by atoms with van der Waals surface area (Å²) in [5.74, 6) is 0.744. The quantitative estimate of drug-likeness (QED) is 0.814. The van der Waals surface area contributed by atoms with Crippen molar-refractivity contribution in [2.75, 3.05) is 5.32 Å². The second kappa shape index (κ2) is 5.12. The highest BCUT2D eigenvalue weighted by molar-refractivity contribution is 5.90. The van der Waals surface area contributed by atoms with Gasteiger partial charge in [0.1, 0.15) is 0 Å². The monoisotopic (exact) mass is 218 g/mol. The lowest BCUT2D eigenvalue weighted by molar-refractivity contribution is -0.117. The average molecular weight is 218 g/mol. The van der Waals surface area contributed by atoms with E-state index in [1.807, 2.05) is 24.3 Å². The van der Waals surface area contributed by atoms with Gasteiger partial charge in [-0.1, -0.05) is 18.6 Å². The van der Waals surface area contributed by atoms with Crippen LogP contribution in [0.15, 0.2) is 24.3 Å². The maximum absolute atomic E-state index is 11.6. The first-order valence-corrected chi connectivity index (χ1v) is 5.87. The van der Waals surface area contributed by atoms with E-state index in [9.17, 15) is 4.79 Å². The van der Waals surface area contributed by atoms with E-state index in [4.69, 9.17) is 5.73 Å². The molecule has 1 aliphatic carbocycles. The van der Waals surface area contributed by atoms with Crippen LogP contribution in [0.4, 0.5) is 5.69 Å². The molecule has 3 heteroatoms. The van der Waals surface area contributed by atoms with Crippen LogP contribution in [-0.4, -0.2) is 5.91 Å². The normalized spacial score (nSPS) is 15.6. The van der Waals surface area contributed by atoms with Gasteiger partial charge in [0.05, 0.1) is 0 Å². The van der Waals surface area contributed by atoms with Crippen molar-refractivity contribution in [2.24, 2.45) is 11.7 Å². The van der Waals surface area contributed by atoms with Gasteiger partial charge in [0, 0.05) is 18.7 Å². The van der Waals surface area contributed by atoms with E-state index < -0.39 is 0 Å². The maximum Gasteiger partial charge on any atom is 0.224 e. The molecule has 2 rings (SSSR count). The third-order valence-electron chi connectivity index (χ3n) is 3.17. The summed E-state index contributed by atoms with van der Waals surface area (Å²) >= 11 is 0. The predicted molar refractivity (Wildman–Crippen MR) is 64.9 cm³/mol. The van der Waals surface area contributed by atoms with E-state index in [0.29, 0.717) is 18.9 Å². The van der Waals surface area contributed by atoms with E-state index in [2.05, 4.69) is 5.32 Å². The molecular weight excluding hydrogens is 200 g/mol. The summed E-state index contributed by atoms with van der Waals surface area (Å²) in [7, 11) is 0. The molecule has 0 saturated heterocycles. The molecule has 0 bridgehead atoms. The van der Waals surface area contributed by atoms with Crippen LogP contribution in [0, 0.1) is 5.92 Å². The number of hydrogen-bond donors (Lipinski definition) is 2. The molecule has 0 spiro atoms. The molecule has 16 heavy (non-hydrogen) atoms. The number of hydrogen-bond acceptors (Lipinski definition) is 2. The summed E-state index contributed by atoms with van der Waals surface area (Å²) < 4.78 is 0. The fourth-order valence-electron chi connectivity index (χ4n) is 1.90. The Morgan fingerprint density at radius 3 is 2.50 bits per heavy atom. The van der Waals surface area contributed by atoms with Crippen LogP contribution < -0.4 is 11.1 Å². The van der Waals surface area contributed by atoms with E-state index in [1.54, 1.807) is 0 Å². The van der Waals surface area contributed by atoms with Crippen LogP contribution in [0.25, 0.3) is 0 Å². The Kier molecular flexibility index (Phi) is 3.57. The first-order chi connectivity index (χ1) is 7.78. The molecule has 3 nitrogen and oxygen atoms in total. The Hall–Kier alpha value is -1.35. The number of benzene rings is 1. The van der Waals surface area contributed by atoms with E-state index >= 15 is 0 Å². The van der Waals surface area contributed by atoms with Crippen molar-refractivity contribution < 1.29 is 4.79 Å². The van der Waals surface area contributed by atoms with Crippen molar-refractivity contribution in [1.82, 2.24) is 0 Å². The predicted octanol–water partition coefficient (Wildman–Crippen LogP) is 2.27. The number of amides is 1. The third kappa shape index (κ3) is 2.83. The van der Waals surface area contributed by atoms with Gasteiger partial charge >= 0.3 is 0 Å². The molecule has 86 valence electrons. The molecular formula is C13H18N2O. The van der Waals surface area contributed by atoms with Gasteiger partial charge in [-0.25, -0.2) is 0 Å². The second-order valence-electron chi connectivity index (χ2n) is 4.45. The molecule has 1 saturated carbocycles. The van der Waals surface area contributed by atoms with Gasteiger partial charge in [-0.3, -0.25) is 4.79 Å². The Morgan fingerprint density at radius 2 is 2.00 bits per heavy atom. The summed E-state index contributed by atoms with van der Waals surface area (Å²) in [6.07, 6.45) is 4.36. The first kappa shape index (κ1) is 11.1. The van der Waals surface area contributed by atoms with Gasteiger partial charge in [-0.15, -0.1) is 0 Å². The van der Waals surface area contributed by atoms with Crippen LogP contribution in [0.1, 0.15) is 31.2 Å². The van der Waals surface area contributed by atoms with E-state index in [-0.39, 0.29) is 5.91 Å². The summed E-state index contributed by atoms with van der Waals surface area (Å²) in [5, 5.41) is 2.91. The van der Waals surface area contributed by atoms with Gasteiger partial charge in [-0.2, -0.15) is 0 Å². The molecule has 0 atom stereocenters. The fraction of sp³-hybridized carbons (Fsp3) is 0.462. The van der Waals surface area contributed by atoms with Crippen LogP contribution >= 0.6 is 0 Å². The lowest BCUT2D eigenvalue weighted by Crippen LogP contribution is -2.20. The molecule has 1 aliphatic rings. The molecule has 0 heterocycles. The lowest BCUT2D eigenvalue weighted by atomic mass is 9.83. The Morgan fingerprint density at radius 1 is 1.31 bits per heavy atom. The number of rotatable bonds is 4. The molecule has 1 aromatic rings. The number of nitrogens with one attached hydrogen (secondary N) is 1. The average Bonchev–Trinajstić information content (AvgIpc) is 2.25. The molecule has 1 aromatic carbocycles. The third-order valence-corrected chi connectivity index (χ3v) is 3.17. The zero-order valence-electron chi connectivity index (χ0n) is 9.41. The molecule has 3 N–H and O–H groups in total. The van der Waals surface area contributed by atoms with Crippen molar-refractivity contribution in [2.45, 2.75) is 32.2 Å². The standard InChI is InChI=1S/C13H18N2O/c14-9-11-4-6-12(7-5-11)15-13(16)8-10-2-1-3-10/h4-7,10H,1-3,8-9,14H2,(H,15,16). The highest BCUT2D eigenvalue weighted by atomic mass is 16.1. The molecule has 1 amide bonds. The number of nitrogens with two attached hydrogens (primary N) is 1. The number of carbonyl (C=O) groups excluding carboxylic acids is 1. The lowest BCUT2D eigenvalue weighted by Gasteiger charge is -2.24. The van der Waals surface area contributed by atoms with Crippen LogP contribution in [0.3, 0.4) is 0 Å². The highest BCUT2D eigenvalue weighted by Gasteiger charge is 2.20. The summed E-state index contributed by atoms with van der Waals surface area (Å²) in [4.78, 5) is 11.6. The van der Waals surface area contributed by atoms with Crippen LogP contribution in [0.2, 0.25) is 0 Å². The molecule has 0 radical (unpaired) electrons. The first-order valence-electron chi connectivity index (χ1n) is 5.87. The minimum atomic E-state index is 0.130. The van der Waals surface area contributed by atoms with Crippen molar-refractivity contribution in [3.8, 4) is 0 Å². The van der Waals surface area contributed by atoms with E-state index in [0.717, 1.165) is 11.3 Å². The zero-order valence-corrected chi connectivity index (χ0v) is 9.41. The maximum atomic E-state index is 11.6. The molecule has 0 unspecified atom stereocenters. The fourth-order valence-corrected chi connectivity index (χ4v) is 1.90. The number of carbonyl (C=O) groups is 1. The van der Waals surface area contributed by atoms with Crippen molar-refractivity contribution in [3.05, 3.63) is 29.8 Å². The van der Waals surface area contributed by atoms with Crippen molar-refractivity contribution >= 4 is 11.6 Å². The highest BCUT2D eigenvalue weighted by Crippen LogP contribution is 2.29. The summed E-state index contributed by atoms with van der Waals surface area (Å²) in [6.45, 7) is 0.538. The van der Waals surface area contributed by atoms with Crippen LogP contribution in [0.5, 0.6) is 0 Å². The molecule has 0 aromatic heterocycles. The summed E-state index contributed by atoms with van der Waals surface area (Å²) in [5.41, 5.74) is 7.45. The Balaban J connectivity index is 1.84. The van der Waals surface area contributed by atoms with Gasteiger partial charge in [0.15, 0.2) is 0 Å². The minimum absolute atomic E-state index is 0.130. The van der Waals surface area contributed by atoms with Gasteiger partial charge < -0.3 is 11.1 Å². The minimum Gasteiger partial charge on any atom is -0.326 e. The smallest absolute Gasteiger partial charge is 0.224 e. The van der Waals surface area contributed by atoms with Crippen molar-refractivity contribution in [1.29, 1.82) is 0 Å². The Bertz CT molecular complexity index is 355. The Labute approximate surface area is 96.0 Å². The largest absolute Gasteiger partial charge is 0.326 e. The molecule has 1 fully saturated rings. The topological polar surface area (TPSA) is 55.1 Å². The molecule has 0 aliphatic heterocycles. The SMILES string of the molecule is NCc1ccc(NC(=O)CC2CCC2)cc1.